The molecule has 0 aliphatic rings. The summed E-state index contributed by atoms with van der Waals surface area (Å²) < 4.78 is 21.2. The van der Waals surface area contributed by atoms with Crippen molar-refractivity contribution in [2.45, 2.75) is 19.9 Å². The van der Waals surface area contributed by atoms with E-state index in [9.17, 15) is 0 Å². The second-order valence-electron chi connectivity index (χ2n) is 4.34. The number of nitrogens with one attached hydrogen (secondary N) is 1. The third kappa shape index (κ3) is 7.32. The first kappa shape index (κ1) is 16.2. The summed E-state index contributed by atoms with van der Waals surface area (Å²) in [6.07, 6.45) is 0. The van der Waals surface area contributed by atoms with Crippen molar-refractivity contribution < 1.29 is 18.6 Å². The summed E-state index contributed by atoms with van der Waals surface area (Å²) in [5, 5.41) is 3.34. The molecule has 1 unspecified atom stereocenters. The minimum Gasteiger partial charge on any atom is -0.465 e. The normalized spacial score (nSPS) is 12.8. The molecule has 5 heteroatoms. The summed E-state index contributed by atoms with van der Waals surface area (Å²) in [7, 11) is 1.66. The lowest BCUT2D eigenvalue weighted by atomic mass is 10.2. The van der Waals surface area contributed by atoms with Crippen molar-refractivity contribution in [2.24, 2.45) is 0 Å². The molecule has 1 atom stereocenters. The standard InChI is InChI=1S/C14H25NO4/c1-12-4-5-14(19-12)13(2)15-6-7-17-10-11-18-9-8-16-3/h4-5,13,15H,6-11H2,1-3H3. The van der Waals surface area contributed by atoms with Crippen molar-refractivity contribution in [1.82, 2.24) is 5.32 Å². The van der Waals surface area contributed by atoms with Gasteiger partial charge >= 0.3 is 0 Å². The summed E-state index contributed by atoms with van der Waals surface area (Å²) in [6.45, 7) is 7.94. The van der Waals surface area contributed by atoms with Gasteiger partial charge in [0.2, 0.25) is 0 Å². The predicted molar refractivity (Wildman–Crippen MR) is 73.4 cm³/mol. The maximum Gasteiger partial charge on any atom is 0.120 e. The van der Waals surface area contributed by atoms with Crippen LogP contribution >= 0.6 is 0 Å². The maximum absolute atomic E-state index is 5.54. The molecule has 1 N–H and O–H groups in total. The second-order valence-corrected chi connectivity index (χ2v) is 4.34. The average molecular weight is 271 g/mol. The average Bonchev–Trinajstić information content (AvgIpc) is 2.83. The number of furan rings is 1. The summed E-state index contributed by atoms with van der Waals surface area (Å²) >= 11 is 0. The largest absolute Gasteiger partial charge is 0.465 e. The first-order chi connectivity index (χ1) is 9.24. The van der Waals surface area contributed by atoms with Crippen LogP contribution in [0.5, 0.6) is 0 Å². The van der Waals surface area contributed by atoms with E-state index < -0.39 is 0 Å². The first-order valence-electron chi connectivity index (χ1n) is 6.68. The smallest absolute Gasteiger partial charge is 0.120 e. The highest BCUT2D eigenvalue weighted by atomic mass is 16.5. The molecule has 1 aromatic heterocycles. The SMILES string of the molecule is COCCOCCOCCNC(C)c1ccc(C)o1. The predicted octanol–water partition coefficient (Wildman–Crippen LogP) is 1.92. The molecule has 5 nitrogen and oxygen atoms in total. The fourth-order valence-corrected chi connectivity index (χ4v) is 1.60. The quantitative estimate of drug-likeness (QED) is 0.623. The van der Waals surface area contributed by atoms with E-state index in [1.165, 1.54) is 0 Å². The van der Waals surface area contributed by atoms with Gasteiger partial charge in [-0.3, -0.25) is 0 Å². The Hall–Kier alpha value is -0.880. The van der Waals surface area contributed by atoms with Gasteiger partial charge in [0.05, 0.1) is 39.1 Å². The molecular formula is C14H25NO4. The fourth-order valence-electron chi connectivity index (χ4n) is 1.60. The number of methoxy groups -OCH3 is 1. The lowest BCUT2D eigenvalue weighted by Crippen LogP contribution is -2.23. The Kier molecular flexibility index (Phi) is 8.49. The number of aryl methyl sites for hydroxylation is 1. The summed E-state index contributed by atoms with van der Waals surface area (Å²) in [4.78, 5) is 0. The molecule has 0 amide bonds. The highest BCUT2D eigenvalue weighted by molar-refractivity contribution is 5.08. The molecule has 0 saturated carbocycles. The lowest BCUT2D eigenvalue weighted by Gasteiger charge is -2.11. The van der Waals surface area contributed by atoms with Crippen LogP contribution < -0.4 is 5.32 Å². The van der Waals surface area contributed by atoms with Crippen molar-refractivity contribution in [2.75, 3.05) is 46.7 Å². The van der Waals surface area contributed by atoms with Crippen LogP contribution in [0, 0.1) is 6.92 Å². The summed E-state index contributed by atoms with van der Waals surface area (Å²) in [5.74, 6) is 1.90. The molecule has 0 spiro atoms. The van der Waals surface area contributed by atoms with Crippen LogP contribution in [0.15, 0.2) is 16.5 Å². The van der Waals surface area contributed by atoms with Crippen LogP contribution in [0.1, 0.15) is 24.5 Å². The van der Waals surface area contributed by atoms with Crippen molar-refractivity contribution >= 4 is 0 Å². The van der Waals surface area contributed by atoms with E-state index in [0.29, 0.717) is 33.0 Å². The molecule has 0 aliphatic carbocycles. The molecule has 0 fully saturated rings. The third-order valence-corrected chi connectivity index (χ3v) is 2.69. The number of ether oxygens (including phenoxy) is 3. The van der Waals surface area contributed by atoms with Crippen molar-refractivity contribution in [1.29, 1.82) is 0 Å². The van der Waals surface area contributed by atoms with Gasteiger partial charge in [-0.05, 0) is 26.0 Å². The van der Waals surface area contributed by atoms with Crippen LogP contribution in [0.3, 0.4) is 0 Å². The van der Waals surface area contributed by atoms with E-state index >= 15 is 0 Å². The second kappa shape index (κ2) is 9.97. The van der Waals surface area contributed by atoms with Gasteiger partial charge in [-0.15, -0.1) is 0 Å². The highest BCUT2D eigenvalue weighted by Gasteiger charge is 2.07. The molecular weight excluding hydrogens is 246 g/mol. The van der Waals surface area contributed by atoms with E-state index in [4.69, 9.17) is 18.6 Å². The fraction of sp³-hybridized carbons (Fsp3) is 0.714. The molecule has 0 aromatic carbocycles. The topological polar surface area (TPSA) is 52.9 Å². The van der Waals surface area contributed by atoms with E-state index in [-0.39, 0.29) is 6.04 Å². The highest BCUT2D eigenvalue weighted by Crippen LogP contribution is 2.14. The maximum atomic E-state index is 5.54. The van der Waals surface area contributed by atoms with Gasteiger partial charge in [-0.2, -0.15) is 0 Å². The Labute approximate surface area is 115 Å². The van der Waals surface area contributed by atoms with Crippen molar-refractivity contribution in [3.63, 3.8) is 0 Å². The van der Waals surface area contributed by atoms with Gasteiger partial charge in [0.1, 0.15) is 11.5 Å². The molecule has 0 saturated heterocycles. The van der Waals surface area contributed by atoms with E-state index in [0.717, 1.165) is 18.1 Å². The molecule has 0 radical (unpaired) electrons. The van der Waals surface area contributed by atoms with Crippen LogP contribution in [0.2, 0.25) is 0 Å². The Morgan fingerprint density at radius 2 is 1.79 bits per heavy atom. The lowest BCUT2D eigenvalue weighted by molar-refractivity contribution is 0.0252. The molecule has 0 aliphatic heterocycles. The summed E-state index contributed by atoms with van der Waals surface area (Å²) in [6, 6.07) is 4.18. The van der Waals surface area contributed by atoms with Crippen molar-refractivity contribution in [3.8, 4) is 0 Å². The van der Waals surface area contributed by atoms with Gasteiger partial charge in [0.15, 0.2) is 0 Å². The Bertz CT molecular complexity index is 327. The van der Waals surface area contributed by atoms with E-state index in [1.54, 1.807) is 7.11 Å². The third-order valence-electron chi connectivity index (χ3n) is 2.69. The van der Waals surface area contributed by atoms with Crippen LogP contribution in [-0.4, -0.2) is 46.7 Å². The summed E-state index contributed by atoms with van der Waals surface area (Å²) in [5.41, 5.74) is 0. The Morgan fingerprint density at radius 1 is 1.11 bits per heavy atom. The van der Waals surface area contributed by atoms with Crippen LogP contribution in [0.4, 0.5) is 0 Å². The minimum absolute atomic E-state index is 0.204. The zero-order valence-corrected chi connectivity index (χ0v) is 12.1. The first-order valence-corrected chi connectivity index (χ1v) is 6.68. The van der Waals surface area contributed by atoms with Gasteiger partial charge in [0.25, 0.3) is 0 Å². The van der Waals surface area contributed by atoms with Crippen molar-refractivity contribution in [3.05, 3.63) is 23.7 Å². The van der Waals surface area contributed by atoms with Crippen LogP contribution in [-0.2, 0) is 14.2 Å². The van der Waals surface area contributed by atoms with Gasteiger partial charge in [0, 0.05) is 13.7 Å². The number of rotatable bonds is 11. The molecule has 110 valence electrons. The Morgan fingerprint density at radius 3 is 2.42 bits per heavy atom. The number of hydrogen-bond acceptors (Lipinski definition) is 5. The number of hydrogen-bond donors (Lipinski definition) is 1. The molecule has 1 rings (SSSR count). The van der Waals surface area contributed by atoms with E-state index in [1.807, 2.05) is 19.1 Å². The van der Waals surface area contributed by atoms with E-state index in [2.05, 4.69) is 12.2 Å². The zero-order chi connectivity index (χ0) is 13.9. The van der Waals surface area contributed by atoms with Gasteiger partial charge in [-0.1, -0.05) is 0 Å². The molecule has 1 aromatic rings. The van der Waals surface area contributed by atoms with Crippen LogP contribution in [0.25, 0.3) is 0 Å². The molecule has 0 bridgehead atoms. The van der Waals surface area contributed by atoms with Gasteiger partial charge in [-0.25, -0.2) is 0 Å². The molecule has 1 heterocycles. The minimum atomic E-state index is 0.204. The zero-order valence-electron chi connectivity index (χ0n) is 12.1. The molecule has 19 heavy (non-hydrogen) atoms. The van der Waals surface area contributed by atoms with Gasteiger partial charge < -0.3 is 23.9 Å². The monoisotopic (exact) mass is 271 g/mol. The Balaban J connectivity index is 1.93.